The van der Waals surface area contributed by atoms with E-state index >= 15 is 0 Å². The summed E-state index contributed by atoms with van der Waals surface area (Å²) >= 11 is 22.6. The van der Waals surface area contributed by atoms with Crippen LogP contribution in [0.4, 0.5) is 0 Å². The van der Waals surface area contributed by atoms with E-state index in [9.17, 15) is 0 Å². The predicted molar refractivity (Wildman–Crippen MR) is 372 cm³/mol. The van der Waals surface area contributed by atoms with Gasteiger partial charge in [0.2, 0.25) is 0 Å². The highest BCUT2D eigenvalue weighted by molar-refractivity contribution is 7.35. The van der Waals surface area contributed by atoms with Gasteiger partial charge < -0.3 is 0 Å². The van der Waals surface area contributed by atoms with Gasteiger partial charge in [0.1, 0.15) is 32.3 Å². The molecule has 0 saturated carbocycles. The van der Waals surface area contributed by atoms with Crippen molar-refractivity contribution in [1.29, 1.82) is 0 Å². The lowest BCUT2D eigenvalue weighted by Crippen LogP contribution is -2.54. The summed E-state index contributed by atoms with van der Waals surface area (Å²) in [6.07, 6.45) is 0. The van der Waals surface area contributed by atoms with Crippen LogP contribution in [0.5, 0.6) is 0 Å². The number of hydrogen-bond donors (Lipinski definition) is 0. The van der Waals surface area contributed by atoms with E-state index in [-0.39, 0.29) is 0 Å². The van der Waals surface area contributed by atoms with E-state index in [2.05, 4.69) is 251 Å². The van der Waals surface area contributed by atoms with Gasteiger partial charge in [0.05, 0.1) is 0 Å². The van der Waals surface area contributed by atoms with Crippen LogP contribution in [0.1, 0.15) is 177 Å². The minimum atomic E-state index is -1.79. The maximum atomic E-state index is 7.13. The summed E-state index contributed by atoms with van der Waals surface area (Å²) in [5.74, 6) is 0. The van der Waals surface area contributed by atoms with Crippen LogP contribution >= 0.6 is 68.5 Å². The molecule has 0 atom stereocenters. The van der Waals surface area contributed by atoms with Gasteiger partial charge in [-0.25, -0.2) is 0 Å². The van der Waals surface area contributed by atoms with E-state index < -0.39 is 32.3 Å². The molecule has 0 unspecified atom stereocenters. The van der Waals surface area contributed by atoms with Crippen molar-refractivity contribution in [2.45, 2.75) is 247 Å². The Morgan fingerprint density at radius 3 is 0.618 bits per heavy atom. The Bertz CT molecular complexity index is 2850. The number of hydrogen-bond acceptors (Lipinski definition) is 4. The smallest absolute Gasteiger partial charge is 0.107 e. The molecule has 10 heteroatoms. The molecule has 0 aliphatic carbocycles. The fourth-order valence-electron chi connectivity index (χ4n) is 17.6. The Morgan fingerprint density at radius 1 is 0.250 bits per heavy atom. The highest BCUT2D eigenvalue weighted by Crippen LogP contribution is 2.51. The Balaban J connectivity index is 0.000000221. The molecule has 4 aromatic heterocycles. The average Bonchev–Trinajstić information content (AvgIpc) is 4.11. The second kappa shape index (κ2) is 22.8. The van der Waals surface area contributed by atoms with E-state index in [0.29, 0.717) is 33.2 Å². The molecule has 0 fully saturated rings. The van der Waals surface area contributed by atoms with E-state index in [1.54, 1.807) is 18.0 Å². The van der Waals surface area contributed by atoms with E-state index in [4.69, 9.17) is 23.2 Å². The normalized spacial score (nSPS) is 13.9. The summed E-state index contributed by atoms with van der Waals surface area (Å²) in [5.41, 5.74) is 11.3. The third-order valence-corrected chi connectivity index (χ3v) is 57.2. The first kappa shape index (κ1) is 62.3. The van der Waals surface area contributed by atoms with E-state index in [1.165, 1.54) is 73.0 Å². The van der Waals surface area contributed by atoms with Crippen molar-refractivity contribution in [3.05, 3.63) is 69.7 Å². The monoisotopic (exact) mass is 1200 g/mol. The Labute approximate surface area is 492 Å². The lowest BCUT2D eigenvalue weighted by atomic mass is 10.00. The molecule has 0 spiro atoms. The number of fused-ring (bicyclic) bond motifs is 10. The van der Waals surface area contributed by atoms with Crippen molar-refractivity contribution in [1.82, 2.24) is 0 Å². The Hall–Kier alpha value is -1.31. The summed E-state index contributed by atoms with van der Waals surface area (Å²) in [5, 5.41) is 12.7. The van der Waals surface area contributed by atoms with Crippen LogP contribution < -0.4 is 18.0 Å². The first-order valence-corrected chi connectivity index (χ1v) is 42.4. The first-order chi connectivity index (χ1) is 35.2. The van der Waals surface area contributed by atoms with Crippen LogP contribution in [0.2, 0.25) is 76.5 Å². The molecule has 8 aromatic rings. The van der Waals surface area contributed by atoms with Gasteiger partial charge in [0.15, 0.2) is 0 Å². The fraction of sp³-hybridized carbons (Fsp3) is 0.576. The fourth-order valence-corrected chi connectivity index (χ4v) is 59.1. The molecular weight excluding hydrogens is 1100 g/mol. The first-order valence-electron chi connectivity index (χ1n) is 29.5. The number of rotatable bonds is 16. The summed E-state index contributed by atoms with van der Waals surface area (Å²) < 4.78 is 12.3. The molecule has 8 rings (SSSR count). The topological polar surface area (TPSA) is 0 Å². The van der Waals surface area contributed by atoms with Gasteiger partial charge in [-0.15, -0.1) is 45.3 Å². The highest BCUT2D eigenvalue weighted by Gasteiger charge is 2.49. The van der Waals surface area contributed by atoms with Crippen LogP contribution in [-0.2, 0) is 0 Å². The summed E-state index contributed by atoms with van der Waals surface area (Å²) in [6.45, 7) is 64.0. The van der Waals surface area contributed by atoms with Gasteiger partial charge in [-0.05, 0) is 169 Å². The third kappa shape index (κ3) is 9.46. The second-order valence-corrected chi connectivity index (χ2v) is 57.2. The van der Waals surface area contributed by atoms with Crippen LogP contribution in [0.3, 0.4) is 0 Å². The number of halogens is 2. The molecule has 0 aliphatic heterocycles. The van der Waals surface area contributed by atoms with Crippen molar-refractivity contribution in [3.8, 4) is 0 Å². The quantitative estimate of drug-likeness (QED) is 0.0846. The van der Waals surface area contributed by atoms with Gasteiger partial charge in [0, 0.05) is 61.2 Å². The van der Waals surface area contributed by atoms with Crippen molar-refractivity contribution in [3.63, 3.8) is 0 Å². The van der Waals surface area contributed by atoms with E-state index in [1.807, 2.05) is 22.7 Å². The zero-order valence-corrected chi connectivity index (χ0v) is 60.7. The van der Waals surface area contributed by atoms with Crippen molar-refractivity contribution in [2.75, 3.05) is 0 Å². The van der Waals surface area contributed by atoms with Gasteiger partial charge >= 0.3 is 0 Å². The average molecular weight is 1200 g/mol. The van der Waals surface area contributed by atoms with Gasteiger partial charge in [0.25, 0.3) is 0 Å². The largest absolute Gasteiger partial charge is 0.144 e. The van der Waals surface area contributed by atoms with Crippen LogP contribution in [-0.4, -0.2) is 32.3 Å². The second-order valence-electron chi connectivity index (χ2n) is 27.3. The summed E-state index contributed by atoms with van der Waals surface area (Å²) in [7, 11) is -6.97. The molecule has 4 heterocycles. The standard InChI is InChI=1S/C34H52S2Si2.C32H46Cl2S2Si2/c1-19(2)37(20(3)4,21(5)6)31-17-27-25(13)15-30-29(33(27)35-31)16-26(14)28-18-32(36-34(28)30)38(22(7)8,23(9)10)24(11)12;1-17(2)37(18(3)4,19(5)6)29-15-25-27(33)14-24-23(31(25)35-29)13-28(34)26-16-30(36-32(24)26)38(20(7)8,21(9)10)22(11)12/h15-24H,1-14H3;13-22H,1-12H3. The highest BCUT2D eigenvalue weighted by atomic mass is 35.5. The number of benzene rings is 4. The molecule has 416 valence electrons. The molecule has 0 radical (unpaired) electrons. The molecule has 0 nitrogen and oxygen atoms in total. The lowest BCUT2D eigenvalue weighted by Gasteiger charge is -2.42. The molecule has 0 aliphatic rings. The lowest BCUT2D eigenvalue weighted by molar-refractivity contribution is 0.837. The minimum Gasteiger partial charge on any atom is -0.144 e. The molecule has 0 saturated heterocycles. The van der Waals surface area contributed by atoms with Crippen LogP contribution in [0, 0.1) is 13.8 Å². The van der Waals surface area contributed by atoms with Gasteiger partial charge in [-0.3, -0.25) is 0 Å². The SMILES string of the molecule is CC(C)[Si](c1cc2c(Cl)cc3c(cc(Cl)c4cc([Si](C(C)C)(C(C)C)C(C)C)sc43)c2s1)(C(C)C)C(C)C.Cc1cc2c(cc(C)c3cc([Si](C(C)C)(C(C)C)C(C)C)sc32)c2sc([Si](C(C)C)(C(C)C)C(C)C)cc12. The molecule has 0 amide bonds. The van der Waals surface area contributed by atoms with Crippen LogP contribution in [0.15, 0.2) is 48.5 Å². The molecular formula is C66H98Cl2S4Si4. The van der Waals surface area contributed by atoms with Crippen LogP contribution in [0.25, 0.3) is 61.9 Å². The van der Waals surface area contributed by atoms with Gasteiger partial charge in [-0.1, -0.05) is 189 Å². The third-order valence-electron chi connectivity index (χ3n) is 20.3. The van der Waals surface area contributed by atoms with Crippen molar-refractivity contribution in [2.24, 2.45) is 0 Å². The zero-order chi connectivity index (χ0) is 57.0. The predicted octanol–water partition coefficient (Wildman–Crippen LogP) is 24.0. The van der Waals surface area contributed by atoms with E-state index in [0.717, 1.165) is 43.3 Å². The van der Waals surface area contributed by atoms with Crippen molar-refractivity contribution < 1.29 is 0 Å². The molecule has 76 heavy (non-hydrogen) atoms. The Kier molecular flexibility index (Phi) is 18.7. The maximum absolute atomic E-state index is 7.13. The zero-order valence-electron chi connectivity index (χ0n) is 51.9. The molecule has 0 bridgehead atoms. The molecule has 4 aromatic carbocycles. The number of aryl methyl sites for hydroxylation is 2. The minimum absolute atomic E-state index is 0.664. The molecule has 0 N–H and O–H groups in total. The maximum Gasteiger partial charge on any atom is 0.107 e. The van der Waals surface area contributed by atoms with Crippen molar-refractivity contribution >= 4 is 181 Å². The number of thiophene rings is 4. The summed E-state index contributed by atoms with van der Waals surface area (Å²) in [6, 6.07) is 19.7. The summed E-state index contributed by atoms with van der Waals surface area (Å²) in [4.78, 5) is 0. The van der Waals surface area contributed by atoms with Gasteiger partial charge in [-0.2, -0.15) is 0 Å². The Morgan fingerprint density at radius 2 is 0.421 bits per heavy atom.